The maximum Gasteiger partial charge on any atom is 0.245 e. The Bertz CT molecular complexity index is 2520. The van der Waals surface area contributed by atoms with Crippen LogP contribution in [0.1, 0.15) is 103 Å². The number of thioether (sulfide) groups is 1. The molecule has 33 heteroatoms. The van der Waals surface area contributed by atoms with Crippen molar-refractivity contribution in [1.82, 2.24) is 47.4 Å². The summed E-state index contributed by atoms with van der Waals surface area (Å²) in [5.74, 6) is -7.65. The summed E-state index contributed by atoms with van der Waals surface area (Å²) in [5, 5.41) is 32.1. The molecule has 480 valence electrons. The number of phenolic OH excluding ortho intramolecular Hbond substituents is 1. The van der Waals surface area contributed by atoms with Gasteiger partial charge in [-0.2, -0.15) is 11.8 Å². The second kappa shape index (κ2) is 39.3. The van der Waals surface area contributed by atoms with Gasteiger partial charge in [-0.3, -0.25) is 62.9 Å². The number of rotatable bonds is 21. The number of carbonyl (C=O) groups is 10. The van der Waals surface area contributed by atoms with Crippen molar-refractivity contribution in [3.05, 3.63) is 29.8 Å². The minimum atomic E-state index is -1.41. The lowest BCUT2D eigenvalue weighted by molar-refractivity contribution is -0.142. The van der Waals surface area contributed by atoms with Crippen molar-refractivity contribution in [1.29, 1.82) is 0 Å². The van der Waals surface area contributed by atoms with E-state index in [9.17, 15) is 53.1 Å². The highest BCUT2D eigenvalue weighted by Crippen LogP contribution is 2.25. The van der Waals surface area contributed by atoms with E-state index in [1.54, 1.807) is 13.8 Å². The number of hydrogen-bond acceptors (Lipinski definition) is 17. The van der Waals surface area contributed by atoms with Crippen LogP contribution >= 0.6 is 33.3 Å². The highest BCUT2D eigenvalue weighted by Gasteiger charge is 2.40. The lowest BCUT2D eigenvalue weighted by atomic mass is 9.99. The molecule has 0 aromatic heterocycles. The summed E-state index contributed by atoms with van der Waals surface area (Å²) in [7, 11) is 2.17. The van der Waals surface area contributed by atoms with Crippen LogP contribution in [0.2, 0.25) is 0 Å². The number of guanidine groups is 3. The van der Waals surface area contributed by atoms with Crippen molar-refractivity contribution in [2.45, 2.75) is 152 Å². The SMILES string of the molecule is CSCCC1NC(=O)C(NC(=O)CCCCN=C(N)N)CSSCC(C(N)=O)NC(=O)C2CCCN2C(=O)C(CCCN=C(N)N)NC(=O)C(Cc2ccc(O)cc2)NC(=O)C(C(C)C)NC(=O)C(CCCN=C(N)N)NC(=O)CCCCNC1=O. The first kappa shape index (κ1) is 72.8. The van der Waals surface area contributed by atoms with Gasteiger partial charge in [-0.05, 0) is 106 Å². The van der Waals surface area contributed by atoms with Gasteiger partial charge in [0.25, 0.3) is 0 Å². The number of benzene rings is 1. The Balaban J connectivity index is 2.08. The Morgan fingerprint density at radius 3 is 1.86 bits per heavy atom. The van der Waals surface area contributed by atoms with Crippen LogP contribution < -0.4 is 82.7 Å². The van der Waals surface area contributed by atoms with Gasteiger partial charge in [0.2, 0.25) is 59.1 Å². The summed E-state index contributed by atoms with van der Waals surface area (Å²) in [6, 6.07) is -3.99. The summed E-state index contributed by atoms with van der Waals surface area (Å²) < 4.78 is 0. The zero-order valence-electron chi connectivity index (χ0n) is 49.1. The molecule has 0 saturated carbocycles. The van der Waals surface area contributed by atoms with E-state index in [0.29, 0.717) is 37.0 Å². The predicted octanol–water partition coefficient (Wildman–Crippen LogP) is -3.55. The molecule has 30 nitrogen and oxygen atoms in total. The lowest BCUT2D eigenvalue weighted by Gasteiger charge is -2.31. The number of aliphatic imine (C=N–C) groups is 3. The standard InChI is InChI=1S/C53H89N19O11S3/c1-30(2)42-49(82)69-36(27-31-16-18-32(73)19-17-31)46(79)68-35(12-9-24-64-53(59)60)50(83)72-25-10-13-39(72)48(81)70-37(43(54)76)28-85-86-29-38(66-41(75)15-5-7-22-62-51(55)56)47(80)67-34(20-26-84-3)44(77)61-21-6-4-14-40(74)65-33(45(78)71-42)11-8-23-63-52(57)58/h16-19,30,33-39,42,73H,4-15,20-29H2,1-3H3,(H2,54,76)(H,61,77)(H,65,74)(H,66,75)(H,67,80)(H,68,79)(H,69,82)(H,70,81)(H,71,78)(H4,55,56,62)(H4,57,58,63)(H4,59,60,64). The number of nitrogens with two attached hydrogens (primary N) is 7. The average molecular weight is 1260 g/mol. The van der Waals surface area contributed by atoms with Crippen molar-refractivity contribution in [2.24, 2.45) is 61.0 Å². The van der Waals surface area contributed by atoms with E-state index in [-0.39, 0.29) is 132 Å². The first-order valence-electron chi connectivity index (χ1n) is 28.6. The van der Waals surface area contributed by atoms with Gasteiger partial charge in [0.05, 0.1) is 0 Å². The van der Waals surface area contributed by atoms with E-state index < -0.39 is 113 Å². The zero-order chi connectivity index (χ0) is 63.7. The van der Waals surface area contributed by atoms with Gasteiger partial charge in [-0.1, -0.05) is 47.6 Å². The molecule has 23 N–H and O–H groups in total. The van der Waals surface area contributed by atoms with Gasteiger partial charge >= 0.3 is 0 Å². The molecule has 2 saturated heterocycles. The third kappa shape index (κ3) is 27.7. The smallest absolute Gasteiger partial charge is 0.245 e. The van der Waals surface area contributed by atoms with E-state index in [0.717, 1.165) is 21.6 Å². The average Bonchev–Trinajstić information content (AvgIpc) is 2.60. The second-order valence-corrected chi connectivity index (χ2v) is 24.5. The molecule has 2 heterocycles. The van der Waals surface area contributed by atoms with Crippen LogP contribution in [0.15, 0.2) is 39.2 Å². The summed E-state index contributed by atoms with van der Waals surface area (Å²) >= 11 is 1.45. The van der Waals surface area contributed by atoms with E-state index in [4.69, 9.17) is 40.1 Å². The Labute approximate surface area is 513 Å². The Morgan fingerprint density at radius 2 is 1.24 bits per heavy atom. The number of amides is 10. The summed E-state index contributed by atoms with van der Waals surface area (Å²) in [5.41, 5.74) is 39.4. The van der Waals surface area contributed by atoms with Crippen molar-refractivity contribution in [2.75, 3.05) is 56.2 Å². The van der Waals surface area contributed by atoms with Crippen molar-refractivity contribution >= 4 is 110 Å². The molecule has 3 rings (SSSR count). The second-order valence-electron chi connectivity index (χ2n) is 20.9. The number of primary amides is 1. The normalized spacial score (nSPS) is 23.2. The molecule has 0 bridgehead atoms. The Kier molecular flexibility index (Phi) is 33.3. The molecule has 86 heavy (non-hydrogen) atoms. The molecule has 1 aromatic carbocycles. The highest BCUT2D eigenvalue weighted by molar-refractivity contribution is 8.76. The van der Waals surface area contributed by atoms with Crippen molar-refractivity contribution in [3.8, 4) is 5.75 Å². The number of nitrogens with zero attached hydrogens (tertiary/aromatic N) is 4. The quantitative estimate of drug-likeness (QED) is 0.0245. The first-order chi connectivity index (χ1) is 40.9. The van der Waals surface area contributed by atoms with Gasteiger partial charge in [-0.25, -0.2) is 0 Å². The molecule has 2 aliphatic heterocycles. The van der Waals surface area contributed by atoms with Gasteiger partial charge in [0.1, 0.15) is 54.1 Å². The summed E-state index contributed by atoms with van der Waals surface area (Å²) in [6.45, 7) is 3.95. The number of unbranched alkanes of at least 4 members (excludes halogenated alkanes) is 1. The van der Waals surface area contributed by atoms with Crippen molar-refractivity contribution in [3.63, 3.8) is 0 Å². The van der Waals surface area contributed by atoms with Crippen LogP contribution in [0.4, 0.5) is 0 Å². The summed E-state index contributed by atoms with van der Waals surface area (Å²) in [4.78, 5) is 153. The molecule has 8 atom stereocenters. The van der Waals surface area contributed by atoms with Crippen LogP contribution in [0.25, 0.3) is 0 Å². The first-order valence-corrected chi connectivity index (χ1v) is 32.4. The minimum Gasteiger partial charge on any atom is -0.508 e. The van der Waals surface area contributed by atoms with Gasteiger partial charge < -0.3 is 92.7 Å². The number of carbonyl (C=O) groups excluding carboxylic acids is 10. The third-order valence-corrected chi connectivity index (χ3v) is 16.7. The van der Waals surface area contributed by atoms with Gasteiger partial charge in [0, 0.05) is 63.5 Å². The van der Waals surface area contributed by atoms with Gasteiger partial charge in [0.15, 0.2) is 17.9 Å². The largest absolute Gasteiger partial charge is 0.508 e. The molecule has 1 aromatic rings. The highest BCUT2D eigenvalue weighted by atomic mass is 33.1. The van der Waals surface area contributed by atoms with Crippen LogP contribution in [0.5, 0.6) is 5.75 Å². The number of phenols is 1. The number of aromatic hydroxyl groups is 1. The van der Waals surface area contributed by atoms with E-state index in [1.165, 1.54) is 40.9 Å². The topological polar surface area (TPSA) is 510 Å². The Hall–Kier alpha value is -7.42. The van der Waals surface area contributed by atoms with Crippen LogP contribution in [0.3, 0.4) is 0 Å². The summed E-state index contributed by atoms with van der Waals surface area (Å²) in [6.07, 6.45) is 4.19. The van der Waals surface area contributed by atoms with Crippen LogP contribution in [-0.2, 0) is 54.4 Å². The predicted molar refractivity (Wildman–Crippen MR) is 333 cm³/mol. The molecule has 0 radical (unpaired) electrons. The fourth-order valence-electron chi connectivity index (χ4n) is 8.97. The van der Waals surface area contributed by atoms with Crippen molar-refractivity contribution < 1.29 is 53.1 Å². The molecule has 8 unspecified atom stereocenters. The number of fused-ring (bicyclic) bond motifs is 1. The monoisotopic (exact) mass is 1260 g/mol. The number of hydrogen-bond donors (Lipinski definition) is 16. The molecule has 2 fully saturated rings. The molecule has 2 aliphatic rings. The third-order valence-electron chi connectivity index (χ3n) is 13.6. The zero-order valence-corrected chi connectivity index (χ0v) is 51.6. The van der Waals surface area contributed by atoms with Crippen LogP contribution in [-0.4, -0.2) is 192 Å². The lowest BCUT2D eigenvalue weighted by Crippen LogP contribution is -2.60. The van der Waals surface area contributed by atoms with Gasteiger partial charge in [-0.15, -0.1) is 0 Å². The number of nitrogens with one attached hydrogen (secondary N) is 8. The molecule has 0 spiro atoms. The maximum absolute atomic E-state index is 14.7. The molecule has 0 aliphatic carbocycles. The minimum absolute atomic E-state index is 0.0170. The maximum atomic E-state index is 14.7. The molecular weight excluding hydrogens is 1170 g/mol. The molecule has 10 amide bonds. The van der Waals surface area contributed by atoms with E-state index in [1.807, 2.05) is 6.26 Å². The fourth-order valence-corrected chi connectivity index (χ4v) is 11.8. The molecular formula is C53H89N19O11S3. The van der Waals surface area contributed by atoms with E-state index >= 15 is 0 Å². The van der Waals surface area contributed by atoms with E-state index in [2.05, 4.69) is 57.5 Å². The Morgan fingerprint density at radius 1 is 0.663 bits per heavy atom. The fraction of sp³-hybridized carbons (Fsp3) is 0.642. The van der Waals surface area contributed by atoms with Crippen LogP contribution in [0, 0.1) is 5.92 Å².